The highest BCUT2D eigenvalue weighted by atomic mass is 32.2. The predicted molar refractivity (Wildman–Crippen MR) is 80.5 cm³/mol. The van der Waals surface area contributed by atoms with Crippen molar-refractivity contribution in [2.45, 2.75) is 18.3 Å². The zero-order chi connectivity index (χ0) is 14.5. The summed E-state index contributed by atoms with van der Waals surface area (Å²) in [5, 5.41) is 9.92. The van der Waals surface area contributed by atoms with E-state index in [1.54, 1.807) is 31.2 Å². The van der Waals surface area contributed by atoms with Crippen molar-refractivity contribution in [3.05, 3.63) is 29.8 Å². The standard InChI is InChI=1S/C12H20N2O3S2/c1-12(15,9-18-2)8-14-19(16,17)7-10-3-5-11(13)6-4-10/h3-6,14-15H,7-9,13H2,1-2H3. The Morgan fingerprint density at radius 2 is 1.95 bits per heavy atom. The lowest BCUT2D eigenvalue weighted by molar-refractivity contribution is 0.0908. The normalized spacial score (nSPS) is 15.1. The molecule has 7 heteroatoms. The van der Waals surface area contributed by atoms with Crippen molar-refractivity contribution < 1.29 is 13.5 Å². The first kappa shape index (κ1) is 16.3. The van der Waals surface area contributed by atoms with Gasteiger partial charge in [0.15, 0.2) is 0 Å². The van der Waals surface area contributed by atoms with E-state index in [9.17, 15) is 13.5 Å². The largest absolute Gasteiger partial charge is 0.399 e. The molecule has 0 aliphatic rings. The van der Waals surface area contributed by atoms with Crippen LogP contribution in [0.2, 0.25) is 0 Å². The Bertz CT molecular complexity index is 498. The minimum Gasteiger partial charge on any atom is -0.399 e. The molecule has 0 saturated heterocycles. The molecule has 1 rings (SSSR count). The molecular weight excluding hydrogens is 284 g/mol. The van der Waals surface area contributed by atoms with Crippen molar-refractivity contribution in [2.75, 3.05) is 24.3 Å². The van der Waals surface area contributed by atoms with Gasteiger partial charge in [0.1, 0.15) is 0 Å². The maximum Gasteiger partial charge on any atom is 0.215 e. The zero-order valence-corrected chi connectivity index (χ0v) is 12.7. The smallest absolute Gasteiger partial charge is 0.215 e. The fraction of sp³-hybridized carbons (Fsp3) is 0.500. The van der Waals surface area contributed by atoms with Gasteiger partial charge in [-0.25, -0.2) is 13.1 Å². The highest BCUT2D eigenvalue weighted by molar-refractivity contribution is 7.98. The number of sulfonamides is 1. The van der Waals surface area contributed by atoms with Gasteiger partial charge in [-0.05, 0) is 30.9 Å². The molecule has 0 fully saturated rings. The van der Waals surface area contributed by atoms with E-state index in [1.807, 2.05) is 6.26 Å². The van der Waals surface area contributed by atoms with E-state index in [0.717, 1.165) is 0 Å². The van der Waals surface area contributed by atoms with E-state index in [4.69, 9.17) is 5.73 Å². The molecule has 0 heterocycles. The minimum absolute atomic E-state index is 0.00510. The van der Waals surface area contributed by atoms with Gasteiger partial charge < -0.3 is 10.8 Å². The molecule has 5 nitrogen and oxygen atoms in total. The molecule has 0 radical (unpaired) electrons. The lowest BCUT2D eigenvalue weighted by Crippen LogP contribution is -2.42. The predicted octanol–water partition coefficient (Wildman–Crippen LogP) is 0.802. The van der Waals surface area contributed by atoms with Gasteiger partial charge in [0.25, 0.3) is 0 Å². The van der Waals surface area contributed by atoms with Crippen LogP contribution in [-0.4, -0.2) is 37.7 Å². The summed E-state index contributed by atoms with van der Waals surface area (Å²) in [6.07, 6.45) is 1.86. The Morgan fingerprint density at radius 3 is 2.47 bits per heavy atom. The van der Waals surface area contributed by atoms with Crippen molar-refractivity contribution >= 4 is 27.5 Å². The molecule has 0 spiro atoms. The zero-order valence-electron chi connectivity index (χ0n) is 11.1. The molecule has 4 N–H and O–H groups in total. The van der Waals surface area contributed by atoms with Crippen LogP contribution in [0.4, 0.5) is 5.69 Å². The summed E-state index contributed by atoms with van der Waals surface area (Å²) in [6.45, 7) is 1.61. The summed E-state index contributed by atoms with van der Waals surface area (Å²) >= 11 is 1.47. The monoisotopic (exact) mass is 304 g/mol. The van der Waals surface area contributed by atoms with Crippen LogP contribution in [0.3, 0.4) is 0 Å². The first-order valence-corrected chi connectivity index (χ1v) is 8.82. The van der Waals surface area contributed by atoms with Gasteiger partial charge in [-0.2, -0.15) is 11.8 Å². The molecule has 19 heavy (non-hydrogen) atoms. The molecule has 0 bridgehead atoms. The van der Waals surface area contributed by atoms with Crippen LogP contribution < -0.4 is 10.5 Å². The molecule has 1 unspecified atom stereocenters. The fourth-order valence-corrected chi connectivity index (χ4v) is 3.50. The molecular formula is C12H20N2O3S2. The lowest BCUT2D eigenvalue weighted by atomic mass is 10.1. The molecule has 1 atom stereocenters. The molecule has 1 aromatic carbocycles. The highest BCUT2D eigenvalue weighted by Crippen LogP contribution is 2.12. The number of rotatable bonds is 7. The number of nitrogens with one attached hydrogen (secondary N) is 1. The van der Waals surface area contributed by atoms with Crippen LogP contribution in [0.15, 0.2) is 24.3 Å². The molecule has 0 aromatic heterocycles. The summed E-state index contributed by atoms with van der Waals surface area (Å²) in [6, 6.07) is 6.67. The Labute approximate surface area is 118 Å². The molecule has 0 saturated carbocycles. The highest BCUT2D eigenvalue weighted by Gasteiger charge is 2.22. The summed E-state index contributed by atoms with van der Waals surface area (Å²) in [5.74, 6) is 0.347. The van der Waals surface area contributed by atoms with Crippen LogP contribution in [0.25, 0.3) is 0 Å². The van der Waals surface area contributed by atoms with Crippen LogP contribution in [0.5, 0.6) is 0 Å². The summed E-state index contributed by atoms with van der Waals surface area (Å²) in [5.41, 5.74) is 5.74. The summed E-state index contributed by atoms with van der Waals surface area (Å²) in [4.78, 5) is 0. The Morgan fingerprint density at radius 1 is 1.37 bits per heavy atom. The third-order valence-corrected chi connectivity index (χ3v) is 4.67. The number of nitrogens with two attached hydrogens (primary N) is 1. The molecule has 0 aliphatic carbocycles. The number of hydrogen-bond acceptors (Lipinski definition) is 5. The van der Waals surface area contributed by atoms with E-state index in [1.165, 1.54) is 11.8 Å². The first-order chi connectivity index (χ1) is 8.74. The topological polar surface area (TPSA) is 92.4 Å². The van der Waals surface area contributed by atoms with Crippen LogP contribution >= 0.6 is 11.8 Å². The average molecular weight is 304 g/mol. The van der Waals surface area contributed by atoms with Gasteiger partial charge in [0.2, 0.25) is 10.0 Å². The second-order valence-corrected chi connectivity index (χ2v) is 7.42. The first-order valence-electron chi connectivity index (χ1n) is 5.77. The second kappa shape index (κ2) is 6.60. The molecule has 0 aliphatic heterocycles. The Kier molecular flexibility index (Phi) is 5.66. The third kappa shape index (κ3) is 6.29. The van der Waals surface area contributed by atoms with Crippen LogP contribution in [0.1, 0.15) is 12.5 Å². The van der Waals surface area contributed by atoms with Gasteiger partial charge >= 0.3 is 0 Å². The maximum atomic E-state index is 11.9. The third-order valence-electron chi connectivity index (χ3n) is 2.46. The van der Waals surface area contributed by atoms with E-state index in [0.29, 0.717) is 17.0 Å². The van der Waals surface area contributed by atoms with Gasteiger partial charge in [-0.3, -0.25) is 0 Å². The number of benzene rings is 1. The molecule has 1 aromatic rings. The van der Waals surface area contributed by atoms with E-state index in [2.05, 4.69) is 4.72 Å². The summed E-state index contributed by atoms with van der Waals surface area (Å²) in [7, 11) is -3.46. The number of thioether (sulfide) groups is 1. The van der Waals surface area contributed by atoms with Crippen molar-refractivity contribution in [3.63, 3.8) is 0 Å². The number of nitrogen functional groups attached to an aromatic ring is 1. The second-order valence-electron chi connectivity index (χ2n) is 4.75. The fourth-order valence-electron chi connectivity index (χ4n) is 1.51. The van der Waals surface area contributed by atoms with E-state index in [-0.39, 0.29) is 12.3 Å². The van der Waals surface area contributed by atoms with Crippen molar-refractivity contribution in [1.82, 2.24) is 4.72 Å². The lowest BCUT2D eigenvalue weighted by Gasteiger charge is -2.22. The van der Waals surface area contributed by atoms with E-state index >= 15 is 0 Å². The van der Waals surface area contributed by atoms with Crippen molar-refractivity contribution in [2.24, 2.45) is 0 Å². The molecule has 0 amide bonds. The van der Waals surface area contributed by atoms with Gasteiger partial charge in [-0.15, -0.1) is 0 Å². The average Bonchev–Trinajstić information content (AvgIpc) is 2.30. The SMILES string of the molecule is CSCC(C)(O)CNS(=O)(=O)Cc1ccc(N)cc1. The van der Waals surface area contributed by atoms with Crippen molar-refractivity contribution in [1.29, 1.82) is 0 Å². The Balaban J connectivity index is 2.59. The Hall–Kier alpha value is -0.760. The van der Waals surface area contributed by atoms with Crippen LogP contribution in [-0.2, 0) is 15.8 Å². The molecule has 108 valence electrons. The van der Waals surface area contributed by atoms with Crippen LogP contribution in [0, 0.1) is 0 Å². The van der Waals surface area contributed by atoms with Gasteiger partial charge in [0, 0.05) is 18.0 Å². The number of hydrogen-bond donors (Lipinski definition) is 3. The quantitative estimate of drug-likeness (QED) is 0.648. The van der Waals surface area contributed by atoms with Crippen molar-refractivity contribution in [3.8, 4) is 0 Å². The summed E-state index contributed by atoms with van der Waals surface area (Å²) < 4.78 is 26.2. The van der Waals surface area contributed by atoms with Gasteiger partial charge in [0.05, 0.1) is 11.4 Å². The minimum atomic E-state index is -3.46. The number of anilines is 1. The van der Waals surface area contributed by atoms with Gasteiger partial charge in [-0.1, -0.05) is 12.1 Å². The maximum absolute atomic E-state index is 11.9. The number of aliphatic hydroxyl groups is 1. The van der Waals surface area contributed by atoms with E-state index < -0.39 is 15.6 Å².